The van der Waals surface area contributed by atoms with Crippen molar-refractivity contribution in [3.63, 3.8) is 0 Å². The Kier molecular flexibility index (Phi) is 4.98. The molecule has 1 aliphatic heterocycles. The molecule has 3 heterocycles. The van der Waals surface area contributed by atoms with Crippen LogP contribution < -0.4 is 4.90 Å². The summed E-state index contributed by atoms with van der Waals surface area (Å²) in [6.07, 6.45) is 1.89. The molecule has 0 radical (unpaired) electrons. The smallest absolute Gasteiger partial charge is 0.191 e. The van der Waals surface area contributed by atoms with Crippen LogP contribution in [0.1, 0.15) is 24.2 Å². The van der Waals surface area contributed by atoms with Crippen LogP contribution in [0.25, 0.3) is 11.0 Å². The lowest BCUT2D eigenvalue weighted by molar-refractivity contribution is -0.0123. The summed E-state index contributed by atoms with van der Waals surface area (Å²) < 4.78 is 7.20. The first-order valence-electron chi connectivity index (χ1n) is 7.91. The Morgan fingerprint density at radius 1 is 1.44 bits per heavy atom. The lowest BCUT2D eigenvalue weighted by Crippen LogP contribution is -2.42. The van der Waals surface area contributed by atoms with Gasteiger partial charge >= 0.3 is 0 Å². The van der Waals surface area contributed by atoms with Gasteiger partial charge in [0.2, 0.25) is 0 Å². The lowest BCUT2D eigenvalue weighted by atomic mass is 10.1. The van der Waals surface area contributed by atoms with Crippen molar-refractivity contribution in [3.05, 3.63) is 10.7 Å². The van der Waals surface area contributed by atoms with Crippen LogP contribution in [0, 0.1) is 0 Å². The summed E-state index contributed by atoms with van der Waals surface area (Å²) in [6.45, 7) is 4.82. The molecule has 0 amide bonds. The number of aryl methyl sites for hydroxylation is 1. The molecule has 3 rings (SSSR count). The van der Waals surface area contributed by atoms with Crippen LogP contribution in [0.2, 0.25) is 5.15 Å². The van der Waals surface area contributed by atoms with E-state index >= 15 is 0 Å². The summed E-state index contributed by atoms with van der Waals surface area (Å²) in [4.78, 5) is 23.3. The number of hydrogen-bond acceptors (Lipinski definition) is 7. The molecule has 1 atom stereocenters. The van der Waals surface area contributed by atoms with E-state index in [2.05, 4.69) is 9.97 Å². The van der Waals surface area contributed by atoms with Gasteiger partial charge in [-0.3, -0.25) is 4.79 Å². The maximum Gasteiger partial charge on any atom is 0.191 e. The van der Waals surface area contributed by atoms with Gasteiger partial charge in [-0.15, -0.1) is 0 Å². The average molecular weight is 385 g/mol. The van der Waals surface area contributed by atoms with Crippen molar-refractivity contribution >= 4 is 46.0 Å². The van der Waals surface area contributed by atoms with Crippen LogP contribution in [-0.4, -0.2) is 63.6 Å². The molecule has 0 unspecified atom stereocenters. The molecule has 2 aromatic heterocycles. The van der Waals surface area contributed by atoms with Crippen molar-refractivity contribution < 1.29 is 14.6 Å². The van der Waals surface area contributed by atoms with Crippen LogP contribution in [-0.2, 0) is 11.8 Å². The van der Waals surface area contributed by atoms with E-state index in [1.54, 1.807) is 18.5 Å². The van der Waals surface area contributed by atoms with Crippen molar-refractivity contribution in [2.45, 2.75) is 24.6 Å². The zero-order chi connectivity index (χ0) is 18.4. The fourth-order valence-electron chi connectivity index (χ4n) is 3.07. The van der Waals surface area contributed by atoms with Gasteiger partial charge in [-0.05, 0) is 20.1 Å². The number of rotatable bonds is 3. The van der Waals surface area contributed by atoms with Crippen molar-refractivity contribution in [1.82, 2.24) is 14.5 Å². The molecular weight excluding hydrogens is 364 g/mol. The number of aromatic nitrogens is 3. The van der Waals surface area contributed by atoms with E-state index in [-0.39, 0.29) is 12.4 Å². The highest BCUT2D eigenvalue weighted by molar-refractivity contribution is 7.98. The molecule has 0 saturated carbocycles. The number of hydrogen-bond donors (Lipinski definition) is 1. The minimum atomic E-state index is -1.01. The number of Topliss-reactive ketones (excluding diaryl/α,β-unsaturated/α-hetero) is 1. The fourth-order valence-corrected chi connectivity index (χ4v) is 3.74. The molecule has 1 aliphatic rings. The molecule has 9 heteroatoms. The first-order valence-corrected chi connectivity index (χ1v) is 9.51. The third-order valence-corrected chi connectivity index (χ3v) is 5.19. The monoisotopic (exact) mass is 384 g/mol. The molecule has 1 N–H and O–H groups in total. The second-order valence-corrected chi connectivity index (χ2v) is 7.62. The molecule has 2 aromatic rings. The average Bonchev–Trinajstić information content (AvgIpc) is 2.69. The second kappa shape index (κ2) is 6.75. The highest BCUT2D eigenvalue weighted by Crippen LogP contribution is 2.36. The summed E-state index contributed by atoms with van der Waals surface area (Å²) in [5, 5.41) is 12.1. The van der Waals surface area contributed by atoms with Crippen molar-refractivity contribution in [2.75, 3.05) is 37.5 Å². The van der Waals surface area contributed by atoms with Crippen LogP contribution >= 0.6 is 23.4 Å². The first-order chi connectivity index (χ1) is 11.7. The number of anilines is 1. The van der Waals surface area contributed by atoms with E-state index < -0.39 is 5.60 Å². The number of ether oxygens (including phenoxy) is 1. The highest BCUT2D eigenvalue weighted by Gasteiger charge is 2.31. The van der Waals surface area contributed by atoms with E-state index in [1.165, 1.54) is 18.7 Å². The van der Waals surface area contributed by atoms with E-state index in [4.69, 9.17) is 16.3 Å². The number of β-amino-alcohol motifs (C(OH)–C–C–N with tert-alkyl or cyclic N) is 1. The second-order valence-electron chi connectivity index (χ2n) is 6.48. The first kappa shape index (κ1) is 18.4. The largest absolute Gasteiger partial charge is 0.386 e. The standard InChI is InChI=1S/C16H21ClN4O3S/c1-9(22)10-11-13(20(3)12(10)17)18-15(25-4)19-14(11)21-5-6-24-8-16(2,23)7-21/h23H,5-8H2,1-4H3/t16-/m0/s1. The summed E-state index contributed by atoms with van der Waals surface area (Å²) >= 11 is 7.82. The van der Waals surface area contributed by atoms with Crippen LogP contribution in [0.5, 0.6) is 0 Å². The number of thioether (sulfide) groups is 1. The fraction of sp³-hybridized carbons (Fsp3) is 0.562. The summed E-state index contributed by atoms with van der Waals surface area (Å²) in [7, 11) is 1.78. The number of halogens is 1. The summed E-state index contributed by atoms with van der Waals surface area (Å²) in [5.74, 6) is 0.461. The van der Waals surface area contributed by atoms with Gasteiger partial charge in [0.05, 0.1) is 30.7 Å². The maximum absolute atomic E-state index is 12.2. The van der Waals surface area contributed by atoms with Gasteiger partial charge in [-0.1, -0.05) is 23.4 Å². The normalized spacial score (nSPS) is 21.6. The quantitative estimate of drug-likeness (QED) is 0.493. The minimum absolute atomic E-state index is 0.143. The molecule has 25 heavy (non-hydrogen) atoms. The molecule has 0 spiro atoms. The predicted octanol–water partition coefficient (Wildman–Crippen LogP) is 2.13. The number of fused-ring (bicyclic) bond motifs is 1. The van der Waals surface area contributed by atoms with E-state index in [0.29, 0.717) is 52.4 Å². The van der Waals surface area contributed by atoms with Gasteiger partial charge in [0.25, 0.3) is 0 Å². The zero-order valence-corrected chi connectivity index (χ0v) is 16.2. The third-order valence-electron chi connectivity index (χ3n) is 4.20. The SMILES string of the molecule is CSc1nc(N2CCOC[C@@](C)(O)C2)c2c(C(C)=O)c(Cl)n(C)c2n1. The van der Waals surface area contributed by atoms with Gasteiger partial charge in [0.1, 0.15) is 22.2 Å². The van der Waals surface area contributed by atoms with Gasteiger partial charge < -0.3 is 19.3 Å². The molecule has 0 aliphatic carbocycles. The minimum Gasteiger partial charge on any atom is -0.386 e. The van der Waals surface area contributed by atoms with E-state index in [0.717, 1.165) is 0 Å². The van der Waals surface area contributed by atoms with Crippen molar-refractivity contribution in [2.24, 2.45) is 7.05 Å². The lowest BCUT2D eigenvalue weighted by Gasteiger charge is -2.28. The number of ketones is 1. The maximum atomic E-state index is 12.2. The number of aliphatic hydroxyl groups is 1. The van der Waals surface area contributed by atoms with Gasteiger partial charge in [-0.2, -0.15) is 0 Å². The Bertz CT molecular complexity index is 837. The number of nitrogens with zero attached hydrogens (tertiary/aromatic N) is 4. The summed E-state index contributed by atoms with van der Waals surface area (Å²) in [5.41, 5.74) is 0.00315. The Hall–Kier alpha value is -1.35. The molecular formula is C16H21ClN4O3S. The van der Waals surface area contributed by atoms with E-state index in [9.17, 15) is 9.90 Å². The van der Waals surface area contributed by atoms with Crippen LogP contribution in [0.3, 0.4) is 0 Å². The van der Waals surface area contributed by atoms with Gasteiger partial charge in [0, 0.05) is 13.6 Å². The molecule has 7 nitrogen and oxygen atoms in total. The zero-order valence-electron chi connectivity index (χ0n) is 14.7. The van der Waals surface area contributed by atoms with Crippen molar-refractivity contribution in [1.29, 1.82) is 0 Å². The van der Waals surface area contributed by atoms with Crippen LogP contribution in [0.4, 0.5) is 5.82 Å². The predicted molar refractivity (Wildman–Crippen MR) is 99.0 cm³/mol. The number of carbonyl (C=O) groups excluding carboxylic acids is 1. The molecule has 0 bridgehead atoms. The molecule has 136 valence electrons. The topological polar surface area (TPSA) is 80.5 Å². The van der Waals surface area contributed by atoms with Gasteiger partial charge in [0.15, 0.2) is 10.9 Å². The molecule has 1 fully saturated rings. The van der Waals surface area contributed by atoms with Crippen LogP contribution in [0.15, 0.2) is 5.16 Å². The van der Waals surface area contributed by atoms with Crippen molar-refractivity contribution in [3.8, 4) is 0 Å². The van der Waals surface area contributed by atoms with Gasteiger partial charge in [-0.25, -0.2) is 9.97 Å². The third kappa shape index (κ3) is 3.36. The Balaban J connectivity index is 2.28. The Morgan fingerprint density at radius 2 is 2.16 bits per heavy atom. The molecule has 0 aromatic carbocycles. The number of carbonyl (C=O) groups is 1. The Morgan fingerprint density at radius 3 is 2.80 bits per heavy atom. The summed E-state index contributed by atoms with van der Waals surface area (Å²) in [6, 6.07) is 0. The van der Waals surface area contributed by atoms with E-state index in [1.807, 2.05) is 11.2 Å². The Labute approximate surface area is 155 Å². The highest BCUT2D eigenvalue weighted by atomic mass is 35.5. The molecule has 1 saturated heterocycles.